The Bertz CT molecular complexity index is 836. The van der Waals surface area contributed by atoms with E-state index < -0.39 is 75.5 Å². The van der Waals surface area contributed by atoms with Gasteiger partial charge in [-0.25, -0.2) is 35.1 Å². The summed E-state index contributed by atoms with van der Waals surface area (Å²) in [5.41, 5.74) is -7.16. The molecule has 0 aliphatic rings. The molecule has 2 aromatic carbocycles. The molecule has 2 aromatic rings. The van der Waals surface area contributed by atoms with Crippen molar-refractivity contribution in [2.24, 2.45) is 0 Å². The number of hydrogen-bond acceptors (Lipinski definition) is 0. The Morgan fingerprint density at radius 2 is 1.00 bits per heavy atom. The van der Waals surface area contributed by atoms with Gasteiger partial charge in [0.1, 0.15) is 5.56 Å². The van der Waals surface area contributed by atoms with E-state index in [4.69, 9.17) is 0 Å². The van der Waals surface area contributed by atoms with Crippen LogP contribution in [0, 0.1) is 46.5 Å². The van der Waals surface area contributed by atoms with E-state index in [-0.39, 0.29) is 0 Å². The Labute approximate surface area is 125 Å². The molecule has 11 heteroatoms. The number of benzene rings is 2. The molecule has 0 nitrogen and oxygen atoms in total. The van der Waals surface area contributed by atoms with Gasteiger partial charge >= 0.3 is 6.18 Å². The maximum atomic E-state index is 13.7. The van der Waals surface area contributed by atoms with Crippen molar-refractivity contribution < 1.29 is 48.3 Å². The van der Waals surface area contributed by atoms with Crippen molar-refractivity contribution in [2.75, 3.05) is 0 Å². The lowest BCUT2D eigenvalue weighted by Gasteiger charge is -2.17. The molecule has 0 aromatic heterocycles. The van der Waals surface area contributed by atoms with Crippen LogP contribution in [-0.2, 0) is 6.18 Å². The summed E-state index contributed by atoms with van der Waals surface area (Å²) in [4.78, 5) is 0. The Morgan fingerprint density at radius 3 is 1.50 bits per heavy atom. The predicted molar refractivity (Wildman–Crippen MR) is 56.5 cm³/mol. The van der Waals surface area contributed by atoms with Crippen LogP contribution in [0.4, 0.5) is 48.3 Å². The van der Waals surface area contributed by atoms with Crippen LogP contribution in [0.25, 0.3) is 11.1 Å². The zero-order chi connectivity index (χ0) is 18.6. The van der Waals surface area contributed by atoms with E-state index in [1.807, 2.05) is 0 Å². The fraction of sp³-hybridized carbons (Fsp3) is 0.0769. The molecule has 130 valence electrons. The van der Waals surface area contributed by atoms with Crippen LogP contribution in [0.1, 0.15) is 5.56 Å². The SMILES string of the molecule is Fc1cc(-c2c(F)c(F)c(F)c(F)c2C(F)(F)F)c(F)c(F)c1F. The molecule has 0 aliphatic heterocycles. The van der Waals surface area contributed by atoms with E-state index >= 15 is 0 Å². The Hall–Kier alpha value is -2.33. The first-order chi connectivity index (χ1) is 10.9. The summed E-state index contributed by atoms with van der Waals surface area (Å²) in [6.07, 6.45) is -5.90. The quantitative estimate of drug-likeness (QED) is 0.356. The molecular formula is C13HF11. The van der Waals surface area contributed by atoms with Crippen LogP contribution >= 0.6 is 0 Å². The molecule has 0 unspecified atom stereocenters. The smallest absolute Gasteiger partial charge is 0.204 e. The van der Waals surface area contributed by atoms with Crippen LogP contribution in [0.3, 0.4) is 0 Å². The topological polar surface area (TPSA) is 0 Å². The van der Waals surface area contributed by atoms with E-state index in [2.05, 4.69) is 0 Å². The highest BCUT2D eigenvalue weighted by molar-refractivity contribution is 5.70. The molecule has 0 heterocycles. The van der Waals surface area contributed by atoms with Gasteiger partial charge in [0.25, 0.3) is 0 Å². The number of halogens is 11. The van der Waals surface area contributed by atoms with Gasteiger partial charge in [0.2, 0.25) is 0 Å². The third-order valence-corrected chi connectivity index (χ3v) is 2.92. The Kier molecular flexibility index (Phi) is 4.23. The molecule has 0 radical (unpaired) electrons. The second kappa shape index (κ2) is 5.64. The van der Waals surface area contributed by atoms with Gasteiger partial charge in [0.05, 0.1) is 0 Å². The van der Waals surface area contributed by atoms with Crippen molar-refractivity contribution in [2.45, 2.75) is 6.18 Å². The molecule has 0 spiro atoms. The molecule has 0 bridgehead atoms. The average molecular weight is 366 g/mol. The van der Waals surface area contributed by atoms with E-state index in [0.717, 1.165) is 0 Å². The van der Waals surface area contributed by atoms with E-state index in [9.17, 15) is 48.3 Å². The molecule has 0 aliphatic carbocycles. The minimum absolute atomic E-state index is 0.446. The predicted octanol–water partition coefficient (Wildman–Crippen LogP) is 5.49. The van der Waals surface area contributed by atoms with Crippen LogP contribution in [0.15, 0.2) is 6.07 Å². The third-order valence-electron chi connectivity index (χ3n) is 2.92. The van der Waals surface area contributed by atoms with Crippen molar-refractivity contribution in [3.05, 3.63) is 58.2 Å². The van der Waals surface area contributed by atoms with Gasteiger partial charge in [-0.3, -0.25) is 0 Å². The lowest BCUT2D eigenvalue weighted by molar-refractivity contribution is -0.140. The minimum Gasteiger partial charge on any atom is -0.204 e. The maximum Gasteiger partial charge on any atom is 0.420 e. The van der Waals surface area contributed by atoms with Crippen molar-refractivity contribution in [3.8, 4) is 11.1 Å². The highest BCUT2D eigenvalue weighted by atomic mass is 19.4. The number of rotatable bonds is 1. The first-order valence-electron chi connectivity index (χ1n) is 5.66. The lowest BCUT2D eigenvalue weighted by Crippen LogP contribution is -2.16. The highest BCUT2D eigenvalue weighted by Crippen LogP contribution is 2.43. The molecule has 0 saturated carbocycles. The van der Waals surface area contributed by atoms with Crippen molar-refractivity contribution in [1.82, 2.24) is 0 Å². The summed E-state index contributed by atoms with van der Waals surface area (Å²) in [5, 5.41) is 0. The summed E-state index contributed by atoms with van der Waals surface area (Å²) >= 11 is 0. The number of alkyl halides is 3. The molecule has 0 N–H and O–H groups in total. The standard InChI is InChI=1S/C13HF11/c14-3-1-2(6(15)10(19)7(3)16)4-5(13(22,23)24)9(18)12(21)11(20)8(4)17/h1H. The van der Waals surface area contributed by atoms with Crippen LogP contribution < -0.4 is 0 Å². The summed E-state index contributed by atoms with van der Waals surface area (Å²) < 4.78 is 144. The lowest BCUT2D eigenvalue weighted by atomic mass is 9.96. The Morgan fingerprint density at radius 1 is 0.542 bits per heavy atom. The minimum atomic E-state index is -5.90. The molecular weight excluding hydrogens is 365 g/mol. The van der Waals surface area contributed by atoms with E-state index in [1.54, 1.807) is 0 Å². The van der Waals surface area contributed by atoms with Crippen molar-refractivity contribution in [3.63, 3.8) is 0 Å². The first-order valence-corrected chi connectivity index (χ1v) is 5.66. The molecule has 0 amide bonds. The second-order valence-electron chi connectivity index (χ2n) is 4.35. The molecule has 24 heavy (non-hydrogen) atoms. The first kappa shape index (κ1) is 18.0. The van der Waals surface area contributed by atoms with Gasteiger partial charge in [-0.1, -0.05) is 0 Å². The molecule has 0 atom stereocenters. The highest BCUT2D eigenvalue weighted by Gasteiger charge is 2.43. The second-order valence-corrected chi connectivity index (χ2v) is 4.35. The molecule has 2 rings (SSSR count). The van der Waals surface area contributed by atoms with Gasteiger partial charge in [-0.2, -0.15) is 13.2 Å². The zero-order valence-corrected chi connectivity index (χ0v) is 10.7. The third kappa shape index (κ3) is 2.57. The average Bonchev–Trinajstić information content (AvgIpc) is 2.49. The maximum absolute atomic E-state index is 13.7. The largest absolute Gasteiger partial charge is 0.420 e. The van der Waals surface area contributed by atoms with Crippen LogP contribution in [-0.4, -0.2) is 0 Å². The monoisotopic (exact) mass is 366 g/mol. The van der Waals surface area contributed by atoms with Crippen molar-refractivity contribution in [1.29, 1.82) is 0 Å². The van der Waals surface area contributed by atoms with Gasteiger partial charge in [0, 0.05) is 11.1 Å². The Balaban J connectivity index is 3.06. The van der Waals surface area contributed by atoms with Gasteiger partial charge in [0.15, 0.2) is 46.5 Å². The van der Waals surface area contributed by atoms with Gasteiger partial charge in [-0.15, -0.1) is 0 Å². The molecule has 0 fully saturated rings. The normalized spacial score (nSPS) is 12.0. The van der Waals surface area contributed by atoms with Gasteiger partial charge < -0.3 is 0 Å². The van der Waals surface area contributed by atoms with Crippen LogP contribution in [0.2, 0.25) is 0 Å². The van der Waals surface area contributed by atoms with E-state index in [0.29, 0.717) is 0 Å². The summed E-state index contributed by atoms with van der Waals surface area (Å²) in [6.45, 7) is 0. The summed E-state index contributed by atoms with van der Waals surface area (Å²) in [5.74, 6) is -21.3. The van der Waals surface area contributed by atoms with Crippen LogP contribution in [0.5, 0.6) is 0 Å². The fourth-order valence-electron chi connectivity index (χ4n) is 1.91. The number of hydrogen-bond donors (Lipinski definition) is 0. The fourth-order valence-corrected chi connectivity index (χ4v) is 1.91. The molecule has 0 saturated heterocycles. The zero-order valence-electron chi connectivity index (χ0n) is 10.7. The van der Waals surface area contributed by atoms with Crippen molar-refractivity contribution >= 4 is 0 Å². The summed E-state index contributed by atoms with van der Waals surface area (Å²) in [7, 11) is 0. The van der Waals surface area contributed by atoms with E-state index in [1.165, 1.54) is 0 Å². The summed E-state index contributed by atoms with van der Waals surface area (Å²) in [6, 6.07) is -0.446. The van der Waals surface area contributed by atoms with Gasteiger partial charge in [-0.05, 0) is 6.07 Å².